The van der Waals surface area contributed by atoms with E-state index in [9.17, 15) is 9.90 Å². The predicted molar refractivity (Wildman–Crippen MR) is 395 cm³/mol. The fraction of sp³-hybridized carbons (Fsp3) is 0.111. The van der Waals surface area contributed by atoms with E-state index < -0.39 is 6.03 Å². The first kappa shape index (κ1) is 62.3. The molecule has 11 aromatic rings. The Hall–Kier alpha value is -12.8. The Morgan fingerprint density at radius 3 is 1.03 bits per heavy atom. The van der Waals surface area contributed by atoms with Gasteiger partial charge in [-0.1, -0.05) is 176 Å². The van der Waals surface area contributed by atoms with E-state index in [1.807, 2.05) is 251 Å². The number of amides is 8. The van der Waals surface area contributed by atoms with Crippen LogP contribution in [0.25, 0.3) is 90.9 Å². The summed E-state index contributed by atoms with van der Waals surface area (Å²) >= 11 is 0. The third-order valence-electron chi connectivity index (χ3n) is 18.2. The number of aromatic nitrogens is 4. The second-order valence-corrected chi connectivity index (χ2v) is 24.6. The molecule has 18 heteroatoms. The summed E-state index contributed by atoms with van der Waals surface area (Å²) in [7, 11) is 0. The highest BCUT2D eigenvalue weighted by molar-refractivity contribution is 6.09. The molecule has 15 rings (SSSR count). The Morgan fingerprint density at radius 2 is 0.657 bits per heavy atom. The van der Waals surface area contributed by atoms with Gasteiger partial charge in [-0.15, -0.1) is 0 Å². The van der Waals surface area contributed by atoms with Crippen molar-refractivity contribution in [2.24, 2.45) is 0 Å². The molecule has 4 aliphatic heterocycles. The normalized spacial score (nSPS) is 14.7. The standard InChI is InChI=1S/C81H69N13O5/c95-73-35-19-18-34-64(73)87-78(96)86-60-30-14-10-26-56(60)74-65-36-38-67(82-65)75-57-27-11-15-31-61(57)88-79(97)92(50-53-20-4-1-5-21-53)47-44-91-45-48-93(51-54-22-6-2-7-23-54)80(98)89-62-32-16-12-28-58(62)76(68-39-37-66(74)83-68)70-41-43-72(85-70)77(71-42-40-69(75)84-71)59-29-13-17-33-63(59)90-81(99)94(49-46-91)52-55-24-8-3-9-25-55/h1-43,82,85,95H,44-52H2,(H,88,97)(H,89,98)(H,90,99)(H2,86,87,96). The molecule has 8 aromatic carbocycles. The fourth-order valence-corrected chi connectivity index (χ4v) is 13.3. The molecule has 8 amide bonds. The van der Waals surface area contributed by atoms with Gasteiger partial charge in [0.2, 0.25) is 0 Å². The van der Waals surface area contributed by atoms with E-state index in [2.05, 4.69) is 41.5 Å². The smallest absolute Gasteiger partial charge is 0.323 e. The zero-order chi connectivity index (χ0) is 67.2. The molecule has 3 aromatic heterocycles. The number of nitrogens with one attached hydrogen (secondary N) is 7. The van der Waals surface area contributed by atoms with Crippen LogP contribution in [0.3, 0.4) is 0 Å². The summed E-state index contributed by atoms with van der Waals surface area (Å²) < 4.78 is 0. The van der Waals surface area contributed by atoms with Crippen molar-refractivity contribution >= 4 is 98.9 Å². The highest BCUT2D eigenvalue weighted by atomic mass is 16.3. The Bertz CT molecular complexity index is 5040. The minimum atomic E-state index is -0.590. The van der Waals surface area contributed by atoms with Crippen molar-refractivity contribution in [1.82, 2.24) is 39.5 Å². The topological polar surface area (TPSA) is 219 Å². The van der Waals surface area contributed by atoms with Crippen LogP contribution >= 0.6 is 0 Å². The van der Waals surface area contributed by atoms with Crippen molar-refractivity contribution in [2.75, 3.05) is 65.9 Å². The molecule has 488 valence electrons. The van der Waals surface area contributed by atoms with Gasteiger partial charge in [0.25, 0.3) is 0 Å². The Morgan fingerprint density at radius 1 is 0.354 bits per heavy atom. The monoisotopic (exact) mass is 1300 g/mol. The number of nitrogens with zero attached hydrogens (tertiary/aromatic N) is 6. The van der Waals surface area contributed by atoms with Crippen molar-refractivity contribution in [3.63, 3.8) is 0 Å². The molecule has 0 saturated heterocycles. The molecule has 0 saturated carbocycles. The number of aromatic amines is 2. The van der Waals surface area contributed by atoms with Crippen molar-refractivity contribution in [3.8, 4) is 50.3 Å². The number of benzene rings is 8. The van der Waals surface area contributed by atoms with Crippen LogP contribution in [0.2, 0.25) is 0 Å². The van der Waals surface area contributed by atoms with Crippen LogP contribution in [0.5, 0.6) is 5.75 Å². The molecule has 1 atom stereocenters. The summed E-state index contributed by atoms with van der Waals surface area (Å²) in [6, 6.07) is 73.3. The van der Waals surface area contributed by atoms with E-state index in [-0.39, 0.29) is 68.8 Å². The lowest BCUT2D eigenvalue weighted by Gasteiger charge is -2.32. The average Bonchev–Trinajstić information content (AvgIpc) is 1.63. The summed E-state index contributed by atoms with van der Waals surface area (Å²) in [5.74, 6) is -0.0914. The van der Waals surface area contributed by atoms with Crippen molar-refractivity contribution in [1.29, 1.82) is 0 Å². The van der Waals surface area contributed by atoms with Gasteiger partial charge in [0.1, 0.15) is 5.75 Å². The average molecular weight is 1300 g/mol. The van der Waals surface area contributed by atoms with E-state index in [0.29, 0.717) is 132 Å². The maximum Gasteiger partial charge on any atom is 0.323 e. The van der Waals surface area contributed by atoms with Gasteiger partial charge < -0.3 is 56.4 Å². The lowest BCUT2D eigenvalue weighted by Crippen LogP contribution is -2.47. The SMILES string of the molecule is O=C(Nc1ccccc1O)Nc1ccccc1-c1c2nc(c3c4ccc([nH]4)c4c5nc(c(c6ccc1[nH]6)-c1ccccc1NC(=O)N(Cc1ccccc1)CCN(CCN(Cc1ccccc1)C(=O)Nc1ccccc1-3)CCN(Cc1ccccc1)C(=O)Nc1ccccc1-4)C=C5)C=C2. The fourth-order valence-electron chi connectivity index (χ4n) is 13.3. The molecule has 4 aliphatic rings. The van der Waals surface area contributed by atoms with Gasteiger partial charge in [-0.05, 0) is 102 Å². The quantitative estimate of drug-likeness (QED) is 0.0649. The molecule has 7 heterocycles. The molecule has 99 heavy (non-hydrogen) atoms. The van der Waals surface area contributed by atoms with E-state index in [1.165, 1.54) is 6.07 Å². The van der Waals surface area contributed by atoms with E-state index in [4.69, 9.17) is 9.97 Å². The number of phenols is 1. The summed E-state index contributed by atoms with van der Waals surface area (Å²) in [6.07, 6.45) is 7.86. The predicted octanol–water partition coefficient (Wildman–Crippen LogP) is 17.1. The molecule has 18 nitrogen and oxygen atoms in total. The number of para-hydroxylation sites is 6. The largest absolute Gasteiger partial charge is 0.506 e. The summed E-state index contributed by atoms with van der Waals surface area (Å²) in [6.45, 7) is 2.68. The molecular weight excluding hydrogens is 1230 g/mol. The number of aromatic hydroxyl groups is 1. The Kier molecular flexibility index (Phi) is 17.5. The van der Waals surface area contributed by atoms with Crippen LogP contribution in [0, 0.1) is 0 Å². The highest BCUT2D eigenvalue weighted by Gasteiger charge is 2.28. The van der Waals surface area contributed by atoms with Crippen LogP contribution in [0.1, 0.15) is 39.5 Å². The number of fused-ring (bicyclic) bond motifs is 15. The minimum Gasteiger partial charge on any atom is -0.506 e. The Balaban J connectivity index is 1.04. The molecule has 0 spiro atoms. The number of urea groups is 4. The van der Waals surface area contributed by atoms with Gasteiger partial charge in [0.05, 0.1) is 51.2 Å². The zero-order valence-corrected chi connectivity index (χ0v) is 54.0. The third-order valence-corrected chi connectivity index (χ3v) is 18.2. The van der Waals surface area contributed by atoms with Crippen LogP contribution in [0.4, 0.5) is 47.6 Å². The number of hydrogen-bond donors (Lipinski definition) is 8. The summed E-state index contributed by atoms with van der Waals surface area (Å²) in [4.78, 5) is 87.7. The van der Waals surface area contributed by atoms with Gasteiger partial charge >= 0.3 is 24.1 Å². The molecule has 8 N–H and O–H groups in total. The second kappa shape index (κ2) is 27.9. The third kappa shape index (κ3) is 13.5. The number of anilines is 5. The van der Waals surface area contributed by atoms with E-state index >= 15 is 14.4 Å². The zero-order valence-electron chi connectivity index (χ0n) is 54.0. The van der Waals surface area contributed by atoms with Gasteiger partial charge in [0, 0.05) is 125 Å². The molecule has 0 radical (unpaired) electrons. The first-order chi connectivity index (χ1) is 48.6. The van der Waals surface area contributed by atoms with Crippen molar-refractivity contribution < 1.29 is 24.3 Å². The number of rotatable bonds is 9. The first-order valence-electron chi connectivity index (χ1n) is 33.0. The number of hydrogen-bond acceptors (Lipinski definition) is 8. The molecule has 0 fully saturated rings. The van der Waals surface area contributed by atoms with Gasteiger partial charge in [0.15, 0.2) is 0 Å². The lowest BCUT2D eigenvalue weighted by molar-refractivity contribution is 0.161. The minimum absolute atomic E-state index is 0.0914. The van der Waals surface area contributed by atoms with Crippen LogP contribution in [-0.2, 0) is 19.6 Å². The molecular formula is C81H69N13O5. The molecule has 12 bridgehead atoms. The van der Waals surface area contributed by atoms with Crippen molar-refractivity contribution in [2.45, 2.75) is 19.6 Å². The van der Waals surface area contributed by atoms with Gasteiger partial charge in [-0.25, -0.2) is 29.1 Å². The van der Waals surface area contributed by atoms with Crippen LogP contribution in [-0.4, -0.2) is 108 Å². The highest BCUT2D eigenvalue weighted by Crippen LogP contribution is 2.44. The van der Waals surface area contributed by atoms with E-state index in [1.54, 1.807) is 18.2 Å². The summed E-state index contributed by atoms with van der Waals surface area (Å²) in [5, 5.41) is 26.8. The number of carbonyl (C=O) groups is 4. The molecule has 1 unspecified atom stereocenters. The van der Waals surface area contributed by atoms with E-state index in [0.717, 1.165) is 16.7 Å². The van der Waals surface area contributed by atoms with Crippen LogP contribution < -0.4 is 26.6 Å². The van der Waals surface area contributed by atoms with Gasteiger partial charge in [-0.2, -0.15) is 0 Å². The number of carbonyl (C=O) groups excluding carboxylic acids is 4. The lowest BCUT2D eigenvalue weighted by atomic mass is 10.0. The second-order valence-electron chi connectivity index (χ2n) is 24.6. The van der Waals surface area contributed by atoms with Crippen molar-refractivity contribution in [3.05, 3.63) is 276 Å². The Labute approximate surface area is 571 Å². The maximum absolute atomic E-state index is 15.7. The number of H-pyrrole nitrogens is 2. The number of phenolic OH excluding ortho intramolecular Hbond substituents is 1. The summed E-state index contributed by atoms with van der Waals surface area (Å²) in [5.41, 5.74) is 15.0. The van der Waals surface area contributed by atoms with Gasteiger partial charge in [-0.3, -0.25) is 4.90 Å². The maximum atomic E-state index is 15.7. The first-order valence-corrected chi connectivity index (χ1v) is 33.0. The molecule has 0 aliphatic carbocycles. The van der Waals surface area contributed by atoms with Crippen LogP contribution in [0.15, 0.2) is 237 Å².